The number of benzene rings is 1. The van der Waals surface area contributed by atoms with Crippen LogP contribution in [0, 0.1) is 24.4 Å². The van der Waals surface area contributed by atoms with Crippen LogP contribution < -0.4 is 0 Å². The minimum atomic E-state index is -1.12. The van der Waals surface area contributed by atoms with E-state index >= 15 is 0 Å². The van der Waals surface area contributed by atoms with Gasteiger partial charge in [-0.05, 0) is 19.8 Å². The van der Waals surface area contributed by atoms with Crippen molar-refractivity contribution in [3.05, 3.63) is 29.5 Å². The first-order valence-corrected chi connectivity index (χ1v) is 7.92. The third kappa shape index (κ3) is 2.73. The van der Waals surface area contributed by atoms with Crippen molar-refractivity contribution >= 4 is 22.7 Å². The summed E-state index contributed by atoms with van der Waals surface area (Å²) in [6, 6.07) is 0. The monoisotopic (exact) mass is 312 g/mol. The van der Waals surface area contributed by atoms with Crippen molar-refractivity contribution in [2.45, 2.75) is 49.2 Å². The molecule has 1 aromatic heterocycles. The zero-order chi connectivity index (χ0) is 15.0. The fourth-order valence-electron chi connectivity index (χ4n) is 2.67. The minimum Gasteiger partial charge on any atom is -0.241 e. The van der Waals surface area contributed by atoms with Gasteiger partial charge >= 0.3 is 0 Å². The molecule has 3 rings (SSSR count). The van der Waals surface area contributed by atoms with E-state index in [4.69, 9.17) is 0 Å². The topological polar surface area (TPSA) is 25.8 Å². The molecule has 0 unspecified atom stereocenters. The van der Waals surface area contributed by atoms with E-state index in [1.54, 1.807) is 6.92 Å². The summed E-state index contributed by atoms with van der Waals surface area (Å²) >= 11 is 1.10. The summed E-state index contributed by atoms with van der Waals surface area (Å²) in [5.74, 6) is -2.63. The van der Waals surface area contributed by atoms with E-state index in [0.29, 0.717) is 5.82 Å². The largest absolute Gasteiger partial charge is 0.241 e. The highest BCUT2D eigenvalue weighted by Gasteiger charge is 2.25. The Kier molecular flexibility index (Phi) is 4.06. The van der Waals surface area contributed by atoms with Crippen LogP contribution in [0.15, 0.2) is 11.1 Å². The number of fused-ring (bicyclic) bond motifs is 1. The minimum absolute atomic E-state index is 0.139. The third-order valence-corrected chi connectivity index (χ3v) is 5.18. The van der Waals surface area contributed by atoms with E-state index in [1.165, 1.54) is 0 Å². The van der Waals surface area contributed by atoms with Crippen molar-refractivity contribution in [1.82, 2.24) is 9.97 Å². The van der Waals surface area contributed by atoms with Crippen LogP contribution in [0.25, 0.3) is 10.9 Å². The maximum absolute atomic E-state index is 14.5. The van der Waals surface area contributed by atoms with E-state index in [2.05, 4.69) is 9.97 Å². The molecule has 6 heteroatoms. The number of hydrogen-bond acceptors (Lipinski definition) is 3. The Morgan fingerprint density at radius 2 is 1.76 bits per heavy atom. The molecule has 2 nitrogen and oxygen atoms in total. The molecule has 0 atom stereocenters. The third-order valence-electron chi connectivity index (χ3n) is 3.78. The number of nitrogens with zero attached hydrogens (tertiary/aromatic N) is 2. The van der Waals surface area contributed by atoms with Crippen molar-refractivity contribution in [3.63, 3.8) is 0 Å². The Hall–Kier alpha value is -1.30. The SMILES string of the molecule is Cc1ncc2c(F)c(F)c(SC3CCCCC3)c(F)c2n1. The molecule has 1 aromatic carbocycles. The van der Waals surface area contributed by atoms with Gasteiger partial charge in [-0.25, -0.2) is 23.1 Å². The lowest BCUT2D eigenvalue weighted by Crippen LogP contribution is -2.10. The molecule has 21 heavy (non-hydrogen) atoms. The molecule has 0 radical (unpaired) electrons. The van der Waals surface area contributed by atoms with Crippen LogP contribution in [0.1, 0.15) is 37.9 Å². The van der Waals surface area contributed by atoms with Gasteiger partial charge in [0.1, 0.15) is 11.3 Å². The van der Waals surface area contributed by atoms with Crippen LogP contribution in [0.2, 0.25) is 0 Å². The highest BCUT2D eigenvalue weighted by Crippen LogP contribution is 2.39. The summed E-state index contributed by atoms with van der Waals surface area (Å²) in [4.78, 5) is 7.48. The maximum Gasteiger partial charge on any atom is 0.176 e. The number of thioether (sulfide) groups is 1. The maximum atomic E-state index is 14.5. The molecule has 1 saturated carbocycles. The van der Waals surface area contributed by atoms with Gasteiger partial charge in [-0.2, -0.15) is 0 Å². The molecule has 0 bridgehead atoms. The average Bonchev–Trinajstić information content (AvgIpc) is 2.50. The Balaban J connectivity index is 2.08. The molecule has 0 saturated heterocycles. The van der Waals surface area contributed by atoms with Gasteiger partial charge in [0, 0.05) is 11.4 Å². The molecule has 1 fully saturated rings. The summed E-state index contributed by atoms with van der Waals surface area (Å²) in [5, 5.41) is -0.0638. The van der Waals surface area contributed by atoms with Gasteiger partial charge in [0.15, 0.2) is 17.5 Å². The van der Waals surface area contributed by atoms with Gasteiger partial charge in [-0.1, -0.05) is 19.3 Å². The number of aromatic nitrogens is 2. The second-order valence-corrected chi connectivity index (χ2v) is 6.64. The Morgan fingerprint density at radius 1 is 1.05 bits per heavy atom. The molecule has 2 aromatic rings. The van der Waals surface area contributed by atoms with E-state index < -0.39 is 17.5 Å². The highest BCUT2D eigenvalue weighted by atomic mass is 32.2. The van der Waals surface area contributed by atoms with E-state index in [1.807, 2.05) is 0 Å². The second-order valence-electron chi connectivity index (χ2n) is 5.33. The highest BCUT2D eigenvalue weighted by molar-refractivity contribution is 8.00. The lowest BCUT2D eigenvalue weighted by molar-refractivity contribution is 0.474. The van der Waals surface area contributed by atoms with Crippen molar-refractivity contribution < 1.29 is 13.2 Å². The summed E-state index contributed by atoms with van der Waals surface area (Å²) in [6.07, 6.45) is 6.21. The van der Waals surface area contributed by atoms with Crippen LogP contribution in [0.3, 0.4) is 0 Å². The predicted octanol–water partition coefficient (Wildman–Crippen LogP) is 4.78. The number of halogens is 3. The molecule has 0 aliphatic heterocycles. The molecular formula is C15H15F3N2S. The predicted molar refractivity (Wildman–Crippen MR) is 76.9 cm³/mol. The fraction of sp³-hybridized carbons (Fsp3) is 0.467. The zero-order valence-corrected chi connectivity index (χ0v) is 12.4. The Morgan fingerprint density at radius 3 is 2.48 bits per heavy atom. The summed E-state index contributed by atoms with van der Waals surface area (Å²) < 4.78 is 42.8. The summed E-state index contributed by atoms with van der Waals surface area (Å²) in [5.41, 5.74) is -0.139. The van der Waals surface area contributed by atoms with Gasteiger partial charge in [0.05, 0.1) is 10.3 Å². The molecule has 1 heterocycles. The van der Waals surface area contributed by atoms with Gasteiger partial charge in [-0.15, -0.1) is 11.8 Å². The smallest absolute Gasteiger partial charge is 0.176 e. The number of hydrogen-bond donors (Lipinski definition) is 0. The van der Waals surface area contributed by atoms with E-state index in [-0.39, 0.29) is 21.0 Å². The van der Waals surface area contributed by atoms with Crippen molar-refractivity contribution in [1.29, 1.82) is 0 Å². The lowest BCUT2D eigenvalue weighted by Gasteiger charge is -2.21. The first kappa shape index (κ1) is 14.6. The Labute approximate surface area is 125 Å². The van der Waals surface area contributed by atoms with Gasteiger partial charge in [-0.3, -0.25) is 0 Å². The van der Waals surface area contributed by atoms with Crippen LogP contribution >= 0.6 is 11.8 Å². The van der Waals surface area contributed by atoms with Crippen LogP contribution in [0.4, 0.5) is 13.2 Å². The zero-order valence-electron chi connectivity index (χ0n) is 11.6. The number of rotatable bonds is 2. The molecule has 0 amide bonds. The quantitative estimate of drug-likeness (QED) is 0.746. The van der Waals surface area contributed by atoms with Gasteiger partial charge < -0.3 is 0 Å². The molecular weight excluding hydrogens is 297 g/mol. The molecule has 1 aliphatic carbocycles. The van der Waals surface area contributed by atoms with Gasteiger partial charge in [0.2, 0.25) is 0 Å². The van der Waals surface area contributed by atoms with Gasteiger partial charge in [0.25, 0.3) is 0 Å². The normalized spacial score (nSPS) is 16.6. The van der Waals surface area contributed by atoms with Crippen LogP contribution in [-0.4, -0.2) is 15.2 Å². The van der Waals surface area contributed by atoms with E-state index in [0.717, 1.165) is 50.1 Å². The summed E-state index contributed by atoms with van der Waals surface area (Å²) in [6.45, 7) is 1.59. The first-order valence-electron chi connectivity index (χ1n) is 7.04. The van der Waals surface area contributed by atoms with Crippen molar-refractivity contribution in [2.24, 2.45) is 0 Å². The van der Waals surface area contributed by atoms with Crippen molar-refractivity contribution in [3.8, 4) is 0 Å². The molecule has 0 N–H and O–H groups in total. The van der Waals surface area contributed by atoms with Crippen LogP contribution in [-0.2, 0) is 0 Å². The summed E-state index contributed by atoms with van der Waals surface area (Å²) in [7, 11) is 0. The number of aryl methyl sites for hydroxylation is 1. The molecule has 0 spiro atoms. The average molecular weight is 312 g/mol. The molecule has 112 valence electrons. The first-order chi connectivity index (χ1) is 10.1. The molecule has 1 aliphatic rings. The van der Waals surface area contributed by atoms with Crippen LogP contribution in [0.5, 0.6) is 0 Å². The lowest BCUT2D eigenvalue weighted by atomic mass is 10.0. The fourth-order valence-corrected chi connectivity index (χ4v) is 3.97. The van der Waals surface area contributed by atoms with Crippen molar-refractivity contribution in [2.75, 3.05) is 0 Å². The Bertz CT molecular complexity index is 684. The van der Waals surface area contributed by atoms with E-state index in [9.17, 15) is 13.2 Å². The standard InChI is InChI=1S/C15H15F3N2S/c1-8-19-7-10-11(16)12(17)15(13(18)14(10)20-8)21-9-5-3-2-4-6-9/h7,9H,2-6H2,1H3. The second kappa shape index (κ2) is 5.83.